The fraction of sp³-hybridized carbons (Fsp3) is 0.789. The largest absolute Gasteiger partial charge is 0.378 e. The zero-order chi connectivity index (χ0) is 17.2. The van der Waals surface area contributed by atoms with Gasteiger partial charge in [0, 0.05) is 22.0 Å². The maximum absolute atomic E-state index is 6.45. The van der Waals surface area contributed by atoms with Crippen LogP contribution >= 0.6 is 21.1 Å². The molecule has 3 unspecified atom stereocenters. The van der Waals surface area contributed by atoms with Crippen molar-refractivity contribution in [1.29, 1.82) is 0 Å². The number of ether oxygens (including phenoxy) is 2. The van der Waals surface area contributed by atoms with Gasteiger partial charge in [-0.3, -0.25) is 0 Å². The Labute approximate surface area is 154 Å². The van der Waals surface area contributed by atoms with E-state index in [1.807, 2.05) is 6.92 Å². The number of hydrogen-bond acceptors (Lipinski definition) is 3. The van der Waals surface area contributed by atoms with Gasteiger partial charge in [0.1, 0.15) is 0 Å². The normalized spacial score (nSPS) is 30.5. The van der Waals surface area contributed by atoms with Crippen LogP contribution in [0.3, 0.4) is 0 Å². The summed E-state index contributed by atoms with van der Waals surface area (Å²) in [7, 11) is 2.44. The smallest absolute Gasteiger partial charge is 0.0820 e. The van der Waals surface area contributed by atoms with Gasteiger partial charge in [-0.2, -0.15) is 0 Å². The van der Waals surface area contributed by atoms with Crippen molar-refractivity contribution in [2.75, 3.05) is 19.8 Å². The molecule has 1 aliphatic carbocycles. The number of allylic oxidation sites excluding steroid dienone is 1. The van der Waals surface area contributed by atoms with Crippen molar-refractivity contribution in [1.82, 2.24) is 0 Å². The molecular weight excluding hydrogens is 343 g/mol. The van der Waals surface area contributed by atoms with Crippen molar-refractivity contribution in [3.8, 4) is 0 Å². The fourth-order valence-corrected chi connectivity index (χ4v) is 4.27. The molecular formula is C19H32ClO3P. The van der Waals surface area contributed by atoms with Crippen LogP contribution in [0.5, 0.6) is 0 Å². The van der Waals surface area contributed by atoms with Gasteiger partial charge in [0.15, 0.2) is 0 Å². The number of alkyl halides is 1. The molecule has 0 aromatic heterocycles. The predicted octanol–water partition coefficient (Wildman–Crippen LogP) is 4.90. The van der Waals surface area contributed by atoms with Gasteiger partial charge in [-0.25, -0.2) is 0 Å². The molecule has 0 radical (unpaired) electrons. The standard InChI is InChI=1S/C19H32ClO3P/c1-2-21-13-7-6-10-16-17(20)14-22-19(16)12-11-18(23-24)15-8-4-3-5-9-15/h6-7,11-12,15-19H,2-5,8-10,13-14,24H2,1H3/b7-6-,12-11+/t16-,17?,18?,19+/m0/s1. The zero-order valence-electron chi connectivity index (χ0n) is 14.7. The predicted molar refractivity (Wildman–Crippen MR) is 103 cm³/mol. The molecule has 1 saturated heterocycles. The van der Waals surface area contributed by atoms with Crippen molar-refractivity contribution in [2.45, 2.75) is 63.0 Å². The Morgan fingerprint density at radius 3 is 2.75 bits per heavy atom. The summed E-state index contributed by atoms with van der Waals surface area (Å²) in [6.45, 7) is 4.04. The summed E-state index contributed by atoms with van der Waals surface area (Å²) in [5.74, 6) is 0.947. The van der Waals surface area contributed by atoms with Crippen molar-refractivity contribution >= 4 is 21.1 Å². The van der Waals surface area contributed by atoms with E-state index in [4.69, 9.17) is 25.6 Å². The minimum atomic E-state index is 0.0708. The lowest BCUT2D eigenvalue weighted by molar-refractivity contribution is 0.124. The maximum atomic E-state index is 6.45. The van der Waals surface area contributed by atoms with Crippen LogP contribution in [-0.4, -0.2) is 37.4 Å². The Kier molecular flexibility index (Phi) is 9.90. The van der Waals surface area contributed by atoms with Crippen LogP contribution in [0.1, 0.15) is 45.4 Å². The summed E-state index contributed by atoms with van der Waals surface area (Å²) >= 11 is 6.45. The number of halogens is 1. The quantitative estimate of drug-likeness (QED) is 0.248. The van der Waals surface area contributed by atoms with E-state index in [-0.39, 0.29) is 17.6 Å². The van der Waals surface area contributed by atoms with Crippen molar-refractivity contribution in [2.24, 2.45) is 11.8 Å². The molecule has 0 spiro atoms. The van der Waals surface area contributed by atoms with Crippen LogP contribution in [-0.2, 0) is 14.0 Å². The molecule has 3 nitrogen and oxygen atoms in total. The molecule has 5 heteroatoms. The SMILES string of the molecule is CCOC/C=C\C[C@H]1C(Cl)CO[C@@H]1/C=C/C(OP)C1CCCCC1. The van der Waals surface area contributed by atoms with Crippen LogP contribution in [0.4, 0.5) is 0 Å². The molecule has 0 amide bonds. The molecule has 24 heavy (non-hydrogen) atoms. The molecule has 0 bridgehead atoms. The molecule has 5 atom stereocenters. The van der Waals surface area contributed by atoms with Gasteiger partial charge in [0.25, 0.3) is 0 Å². The Balaban J connectivity index is 1.86. The summed E-state index contributed by atoms with van der Waals surface area (Å²) in [6, 6.07) is 0. The molecule has 1 aliphatic heterocycles. The lowest BCUT2D eigenvalue weighted by Gasteiger charge is -2.27. The van der Waals surface area contributed by atoms with Crippen LogP contribution in [0.2, 0.25) is 0 Å². The summed E-state index contributed by atoms with van der Waals surface area (Å²) in [6.07, 6.45) is 16.3. The molecule has 1 saturated carbocycles. The van der Waals surface area contributed by atoms with E-state index in [9.17, 15) is 0 Å². The third-order valence-electron chi connectivity index (χ3n) is 5.09. The Morgan fingerprint density at radius 2 is 2.04 bits per heavy atom. The molecule has 2 rings (SSSR count). The van der Waals surface area contributed by atoms with Gasteiger partial charge >= 0.3 is 0 Å². The molecule has 1 heterocycles. The number of hydrogen-bond donors (Lipinski definition) is 0. The van der Waals surface area contributed by atoms with Gasteiger partial charge in [-0.05, 0) is 32.1 Å². The highest BCUT2D eigenvalue weighted by atomic mass is 35.5. The first kappa shape index (κ1) is 20.4. The highest BCUT2D eigenvalue weighted by molar-refractivity contribution is 7.09. The second kappa shape index (κ2) is 11.6. The van der Waals surface area contributed by atoms with E-state index in [0.29, 0.717) is 25.0 Å². The van der Waals surface area contributed by atoms with Crippen LogP contribution in [0.25, 0.3) is 0 Å². The Hall–Kier alpha value is 0.0800. The first-order valence-corrected chi connectivity index (χ1v) is 10.2. The molecule has 138 valence electrons. The zero-order valence-corrected chi connectivity index (χ0v) is 16.7. The van der Waals surface area contributed by atoms with E-state index in [1.54, 1.807) is 0 Å². The summed E-state index contributed by atoms with van der Waals surface area (Å²) in [5, 5.41) is 0.0708. The number of rotatable bonds is 9. The summed E-state index contributed by atoms with van der Waals surface area (Å²) < 4.78 is 16.9. The first-order valence-electron chi connectivity index (χ1n) is 9.28. The third kappa shape index (κ3) is 6.42. The van der Waals surface area contributed by atoms with Crippen molar-refractivity contribution < 1.29 is 14.0 Å². The van der Waals surface area contributed by atoms with Crippen molar-refractivity contribution in [3.63, 3.8) is 0 Å². The summed E-state index contributed by atoms with van der Waals surface area (Å²) in [5.41, 5.74) is 0. The van der Waals surface area contributed by atoms with Gasteiger partial charge < -0.3 is 14.0 Å². The van der Waals surface area contributed by atoms with Gasteiger partial charge in [-0.15, -0.1) is 11.6 Å². The Bertz CT molecular complexity index is 396. The molecule has 2 fully saturated rings. The average molecular weight is 375 g/mol. The van der Waals surface area contributed by atoms with E-state index < -0.39 is 0 Å². The second-order valence-electron chi connectivity index (χ2n) is 6.73. The first-order chi connectivity index (χ1) is 11.8. The van der Waals surface area contributed by atoms with E-state index in [1.165, 1.54) is 32.1 Å². The van der Waals surface area contributed by atoms with Gasteiger partial charge in [0.2, 0.25) is 0 Å². The second-order valence-corrected chi connectivity index (χ2v) is 7.56. The van der Waals surface area contributed by atoms with Gasteiger partial charge in [-0.1, -0.05) is 43.6 Å². The monoisotopic (exact) mass is 374 g/mol. The van der Waals surface area contributed by atoms with Gasteiger partial charge in [0.05, 0.1) is 30.8 Å². The minimum absolute atomic E-state index is 0.0708. The molecule has 0 N–H and O–H groups in total. The third-order valence-corrected chi connectivity index (χ3v) is 5.85. The van der Waals surface area contributed by atoms with Crippen LogP contribution in [0.15, 0.2) is 24.3 Å². The van der Waals surface area contributed by atoms with Crippen LogP contribution in [0, 0.1) is 11.8 Å². The molecule has 0 aromatic carbocycles. The van der Waals surface area contributed by atoms with E-state index in [2.05, 4.69) is 33.8 Å². The highest BCUT2D eigenvalue weighted by Crippen LogP contribution is 2.32. The summed E-state index contributed by atoms with van der Waals surface area (Å²) in [4.78, 5) is 0. The molecule has 2 aliphatic rings. The fourth-order valence-electron chi connectivity index (χ4n) is 3.64. The maximum Gasteiger partial charge on any atom is 0.0820 e. The Morgan fingerprint density at radius 1 is 1.25 bits per heavy atom. The van der Waals surface area contributed by atoms with Crippen molar-refractivity contribution in [3.05, 3.63) is 24.3 Å². The minimum Gasteiger partial charge on any atom is -0.378 e. The average Bonchev–Trinajstić information content (AvgIpc) is 2.96. The van der Waals surface area contributed by atoms with E-state index >= 15 is 0 Å². The lowest BCUT2D eigenvalue weighted by Crippen LogP contribution is -2.23. The molecule has 0 aromatic rings. The van der Waals surface area contributed by atoms with E-state index in [0.717, 1.165) is 13.0 Å². The van der Waals surface area contributed by atoms with Crippen LogP contribution < -0.4 is 0 Å². The highest BCUT2D eigenvalue weighted by Gasteiger charge is 2.34. The topological polar surface area (TPSA) is 27.7 Å². The lowest BCUT2D eigenvalue weighted by atomic mass is 9.85.